The van der Waals surface area contributed by atoms with Crippen LogP contribution in [-0.2, 0) is 4.79 Å². The van der Waals surface area contributed by atoms with Crippen molar-refractivity contribution >= 4 is 28.3 Å². The summed E-state index contributed by atoms with van der Waals surface area (Å²) in [5, 5.41) is 7.13. The number of nitrogens with zero attached hydrogens (tertiary/aromatic N) is 5. The minimum Gasteiger partial charge on any atom is -0.480 e. The average Bonchev–Trinajstić information content (AvgIpc) is 2.99. The molecular formula is C32H39N7O3. The van der Waals surface area contributed by atoms with Gasteiger partial charge in [-0.15, -0.1) is 0 Å². The summed E-state index contributed by atoms with van der Waals surface area (Å²) >= 11 is 0. The summed E-state index contributed by atoms with van der Waals surface area (Å²) in [6.07, 6.45) is 3.45. The SMILES string of the molecule is Cc1ccc(Oc2ccc(Nc3ncnc4cccc(O[C@H](C)C(=O)NCCCN5CCN(C)CC5)c34)cc2C)cn1. The summed E-state index contributed by atoms with van der Waals surface area (Å²) in [4.78, 5) is 30.9. The van der Waals surface area contributed by atoms with Crippen LogP contribution < -0.4 is 20.1 Å². The third kappa shape index (κ3) is 7.51. The number of piperazine rings is 1. The van der Waals surface area contributed by atoms with Crippen molar-refractivity contribution in [3.05, 3.63) is 72.3 Å². The van der Waals surface area contributed by atoms with Gasteiger partial charge in [-0.2, -0.15) is 0 Å². The smallest absolute Gasteiger partial charge is 0.260 e. The zero-order valence-corrected chi connectivity index (χ0v) is 24.8. The molecule has 42 heavy (non-hydrogen) atoms. The molecule has 2 aromatic carbocycles. The van der Waals surface area contributed by atoms with Gasteiger partial charge in [0.25, 0.3) is 5.91 Å². The molecule has 1 fully saturated rings. The second kappa shape index (κ2) is 13.6. The number of fused-ring (bicyclic) bond motifs is 1. The van der Waals surface area contributed by atoms with E-state index < -0.39 is 6.10 Å². The van der Waals surface area contributed by atoms with Gasteiger partial charge >= 0.3 is 0 Å². The normalized spacial score (nSPS) is 14.9. The van der Waals surface area contributed by atoms with Gasteiger partial charge in [0.2, 0.25) is 0 Å². The van der Waals surface area contributed by atoms with Crippen LogP contribution in [0.2, 0.25) is 0 Å². The summed E-state index contributed by atoms with van der Waals surface area (Å²) in [6.45, 7) is 11.6. The molecule has 0 aliphatic carbocycles. The third-order valence-electron chi connectivity index (χ3n) is 7.39. The molecule has 0 radical (unpaired) electrons. The van der Waals surface area contributed by atoms with Crippen LogP contribution in [0.4, 0.5) is 11.5 Å². The first kappa shape index (κ1) is 29.2. The number of pyridine rings is 1. The zero-order valence-electron chi connectivity index (χ0n) is 24.8. The molecule has 1 saturated heterocycles. The van der Waals surface area contributed by atoms with Gasteiger partial charge in [-0.25, -0.2) is 9.97 Å². The van der Waals surface area contributed by atoms with E-state index >= 15 is 0 Å². The summed E-state index contributed by atoms with van der Waals surface area (Å²) < 4.78 is 12.2. The molecule has 5 rings (SSSR count). The molecule has 0 unspecified atom stereocenters. The van der Waals surface area contributed by atoms with Gasteiger partial charge in [0, 0.05) is 44.1 Å². The first-order valence-electron chi connectivity index (χ1n) is 14.4. The van der Waals surface area contributed by atoms with Gasteiger partial charge in [-0.05, 0) is 88.8 Å². The largest absolute Gasteiger partial charge is 0.480 e. The van der Waals surface area contributed by atoms with E-state index in [-0.39, 0.29) is 5.91 Å². The van der Waals surface area contributed by atoms with Crippen molar-refractivity contribution in [2.75, 3.05) is 51.6 Å². The summed E-state index contributed by atoms with van der Waals surface area (Å²) in [5.74, 6) is 2.41. The molecule has 10 nitrogen and oxygen atoms in total. The molecule has 2 N–H and O–H groups in total. The lowest BCUT2D eigenvalue weighted by molar-refractivity contribution is -0.127. The van der Waals surface area contributed by atoms with Crippen molar-refractivity contribution in [3.8, 4) is 17.2 Å². The number of likely N-dealkylation sites (N-methyl/N-ethyl adjacent to an activating group) is 1. The highest BCUT2D eigenvalue weighted by molar-refractivity contribution is 5.96. The highest BCUT2D eigenvalue weighted by atomic mass is 16.5. The Morgan fingerprint density at radius 3 is 2.60 bits per heavy atom. The van der Waals surface area contributed by atoms with Crippen LogP contribution in [0.15, 0.2) is 61.1 Å². The van der Waals surface area contributed by atoms with Gasteiger partial charge in [0.15, 0.2) is 6.10 Å². The van der Waals surface area contributed by atoms with Gasteiger partial charge < -0.3 is 29.9 Å². The number of carbonyl (C=O) groups is 1. The summed E-state index contributed by atoms with van der Waals surface area (Å²) in [7, 11) is 2.15. The van der Waals surface area contributed by atoms with E-state index in [1.165, 1.54) is 6.33 Å². The summed E-state index contributed by atoms with van der Waals surface area (Å²) in [6, 6.07) is 15.3. The molecule has 1 amide bonds. The van der Waals surface area contributed by atoms with Gasteiger partial charge in [0.1, 0.15) is 29.4 Å². The fraction of sp³-hybridized carbons (Fsp3) is 0.375. The van der Waals surface area contributed by atoms with Crippen LogP contribution in [-0.4, -0.2) is 83.1 Å². The molecule has 0 spiro atoms. The second-order valence-corrected chi connectivity index (χ2v) is 10.8. The van der Waals surface area contributed by atoms with Crippen molar-refractivity contribution in [2.45, 2.75) is 33.3 Å². The van der Waals surface area contributed by atoms with Crippen LogP contribution in [0, 0.1) is 13.8 Å². The highest BCUT2D eigenvalue weighted by Gasteiger charge is 2.19. The number of aryl methyl sites for hydroxylation is 2. The van der Waals surface area contributed by atoms with E-state index in [2.05, 4.69) is 42.4 Å². The number of hydrogen-bond donors (Lipinski definition) is 2. The maximum absolute atomic E-state index is 12.9. The first-order valence-corrected chi connectivity index (χ1v) is 14.4. The van der Waals surface area contributed by atoms with Crippen LogP contribution >= 0.6 is 0 Å². The van der Waals surface area contributed by atoms with E-state index in [1.807, 2.05) is 62.4 Å². The van der Waals surface area contributed by atoms with E-state index in [4.69, 9.17) is 9.47 Å². The predicted octanol–water partition coefficient (Wildman–Crippen LogP) is 4.70. The fourth-order valence-corrected chi connectivity index (χ4v) is 4.86. The molecule has 2 aromatic heterocycles. The Morgan fingerprint density at radius 2 is 1.83 bits per heavy atom. The molecule has 220 valence electrons. The van der Waals surface area contributed by atoms with Crippen LogP contribution in [0.5, 0.6) is 17.2 Å². The van der Waals surface area contributed by atoms with Gasteiger partial charge in [-0.3, -0.25) is 9.78 Å². The zero-order chi connectivity index (χ0) is 29.5. The quantitative estimate of drug-likeness (QED) is 0.249. The first-order chi connectivity index (χ1) is 20.4. The lowest BCUT2D eigenvalue weighted by Gasteiger charge is -2.32. The van der Waals surface area contributed by atoms with Gasteiger partial charge in [0.05, 0.1) is 17.1 Å². The highest BCUT2D eigenvalue weighted by Crippen LogP contribution is 2.33. The molecular weight excluding hydrogens is 530 g/mol. The Kier molecular flexibility index (Phi) is 9.45. The number of ether oxygens (including phenoxy) is 2. The van der Waals surface area contributed by atoms with Crippen molar-refractivity contribution in [1.82, 2.24) is 30.1 Å². The van der Waals surface area contributed by atoms with Crippen molar-refractivity contribution < 1.29 is 14.3 Å². The van der Waals surface area contributed by atoms with Crippen molar-refractivity contribution in [2.24, 2.45) is 0 Å². The standard InChI is InChI=1S/C32H39N7O3/c1-22-19-25(10-12-28(22)42-26-11-9-23(2)34-20-26)37-31-30-27(35-21-36-31)7-5-8-29(30)41-24(3)32(40)33-13-6-14-39-17-15-38(4)16-18-39/h5,7-12,19-21,24H,6,13-18H2,1-4H3,(H,33,40)(H,35,36,37)/t24-/m1/s1. The Balaban J connectivity index is 1.22. The maximum atomic E-state index is 12.9. The van der Waals surface area contributed by atoms with Crippen LogP contribution in [0.1, 0.15) is 24.6 Å². The fourth-order valence-electron chi connectivity index (χ4n) is 4.86. The lowest BCUT2D eigenvalue weighted by atomic mass is 10.1. The van der Waals surface area contributed by atoms with E-state index in [0.717, 1.165) is 61.8 Å². The number of aromatic nitrogens is 3. The molecule has 0 saturated carbocycles. The monoisotopic (exact) mass is 569 g/mol. The molecule has 1 aliphatic rings. The number of carbonyl (C=O) groups excluding carboxylic acids is 1. The van der Waals surface area contributed by atoms with Gasteiger partial charge in [-0.1, -0.05) is 6.07 Å². The second-order valence-electron chi connectivity index (χ2n) is 10.8. The molecule has 1 atom stereocenters. The molecule has 4 aromatic rings. The maximum Gasteiger partial charge on any atom is 0.260 e. The minimum atomic E-state index is -0.678. The number of rotatable bonds is 11. The Labute approximate surface area is 247 Å². The molecule has 0 bridgehead atoms. The number of nitrogens with one attached hydrogen (secondary N) is 2. The summed E-state index contributed by atoms with van der Waals surface area (Å²) in [5.41, 5.74) is 3.44. The number of amides is 1. The van der Waals surface area contributed by atoms with Crippen LogP contribution in [0.25, 0.3) is 10.9 Å². The Bertz CT molecular complexity index is 1500. The number of hydrogen-bond acceptors (Lipinski definition) is 9. The van der Waals surface area contributed by atoms with E-state index in [9.17, 15) is 4.79 Å². The molecule has 1 aliphatic heterocycles. The Hall–Kier alpha value is -4.28. The average molecular weight is 570 g/mol. The topological polar surface area (TPSA) is 105 Å². The van der Waals surface area contributed by atoms with Crippen LogP contribution in [0.3, 0.4) is 0 Å². The van der Waals surface area contributed by atoms with Crippen molar-refractivity contribution in [1.29, 1.82) is 0 Å². The number of anilines is 2. The van der Waals surface area contributed by atoms with Crippen molar-refractivity contribution in [3.63, 3.8) is 0 Å². The molecule has 3 heterocycles. The van der Waals surface area contributed by atoms with E-state index in [0.29, 0.717) is 34.8 Å². The number of benzene rings is 2. The lowest BCUT2D eigenvalue weighted by Crippen LogP contribution is -2.45. The minimum absolute atomic E-state index is 0.147. The van der Waals surface area contributed by atoms with E-state index in [1.54, 1.807) is 13.1 Å². The third-order valence-corrected chi connectivity index (χ3v) is 7.39. The molecule has 10 heteroatoms. The predicted molar refractivity (Wildman–Crippen MR) is 165 cm³/mol. The Morgan fingerprint density at radius 1 is 1.00 bits per heavy atom.